The maximum Gasteiger partial charge on any atom is 0.270 e. The zero-order valence-electron chi connectivity index (χ0n) is 16.2. The third-order valence-electron chi connectivity index (χ3n) is 5.50. The highest BCUT2D eigenvalue weighted by molar-refractivity contribution is 5.96. The van der Waals surface area contributed by atoms with Gasteiger partial charge in [-0.15, -0.1) is 0 Å². The first-order valence-electron chi connectivity index (χ1n) is 10.2. The summed E-state index contributed by atoms with van der Waals surface area (Å²) in [5, 5.41) is 6.31. The lowest BCUT2D eigenvalue weighted by Gasteiger charge is -2.25. The molecule has 8 heteroatoms. The Morgan fingerprint density at radius 3 is 3.00 bits per heavy atom. The minimum Gasteiger partial charge on any atom is -0.454 e. The van der Waals surface area contributed by atoms with Gasteiger partial charge in [-0.05, 0) is 43.4 Å². The van der Waals surface area contributed by atoms with E-state index in [1.54, 1.807) is 0 Å². The molecule has 1 fully saturated rings. The smallest absolute Gasteiger partial charge is 0.270 e. The third-order valence-corrected chi connectivity index (χ3v) is 5.50. The molecule has 1 aromatic carbocycles. The van der Waals surface area contributed by atoms with Crippen molar-refractivity contribution < 1.29 is 19.0 Å². The van der Waals surface area contributed by atoms with Gasteiger partial charge < -0.3 is 24.8 Å². The van der Waals surface area contributed by atoms with Crippen molar-refractivity contribution >= 4 is 11.7 Å². The number of amides is 1. The lowest BCUT2D eigenvalue weighted by molar-refractivity contribution is 0.0247. The zero-order chi connectivity index (χ0) is 19.6. The van der Waals surface area contributed by atoms with Gasteiger partial charge in [0, 0.05) is 31.7 Å². The summed E-state index contributed by atoms with van der Waals surface area (Å²) in [6, 6.07) is 5.80. The van der Waals surface area contributed by atoms with E-state index >= 15 is 0 Å². The fourth-order valence-corrected chi connectivity index (χ4v) is 3.98. The monoisotopic (exact) mass is 396 g/mol. The van der Waals surface area contributed by atoms with Gasteiger partial charge in [0.2, 0.25) is 6.79 Å². The Kier molecular flexibility index (Phi) is 4.93. The number of hydrogen-bond acceptors (Lipinski definition) is 7. The van der Waals surface area contributed by atoms with Crippen molar-refractivity contribution in [1.82, 2.24) is 15.3 Å². The predicted molar refractivity (Wildman–Crippen MR) is 106 cm³/mol. The molecule has 1 aromatic heterocycles. The second-order valence-corrected chi connectivity index (χ2v) is 7.56. The first-order valence-corrected chi connectivity index (χ1v) is 10.2. The molecule has 0 bridgehead atoms. The van der Waals surface area contributed by atoms with Crippen LogP contribution in [-0.2, 0) is 17.6 Å². The Morgan fingerprint density at radius 1 is 1.17 bits per heavy atom. The van der Waals surface area contributed by atoms with Crippen LogP contribution in [0.2, 0.25) is 0 Å². The number of nitrogens with one attached hydrogen (secondary N) is 2. The Hall–Kier alpha value is -2.87. The first kappa shape index (κ1) is 18.2. The molecule has 8 nitrogen and oxygen atoms in total. The van der Waals surface area contributed by atoms with Crippen LogP contribution in [0, 0.1) is 0 Å². The molecule has 0 spiro atoms. The number of carbonyl (C=O) groups is 1. The minimum absolute atomic E-state index is 0.141. The van der Waals surface area contributed by atoms with Gasteiger partial charge in [-0.1, -0.05) is 6.07 Å². The predicted octanol–water partition coefficient (Wildman–Crippen LogP) is 2.06. The van der Waals surface area contributed by atoms with Crippen molar-refractivity contribution in [3.63, 3.8) is 0 Å². The highest BCUT2D eigenvalue weighted by Crippen LogP contribution is 2.33. The molecule has 3 aliphatic heterocycles. The number of carbonyl (C=O) groups excluding carboxylic acids is 1. The molecule has 2 aromatic rings. The van der Waals surface area contributed by atoms with Gasteiger partial charge in [-0.25, -0.2) is 9.97 Å². The summed E-state index contributed by atoms with van der Waals surface area (Å²) >= 11 is 0. The van der Waals surface area contributed by atoms with Crippen LogP contribution in [0.5, 0.6) is 11.5 Å². The van der Waals surface area contributed by atoms with Crippen molar-refractivity contribution in [3.8, 4) is 11.5 Å². The summed E-state index contributed by atoms with van der Waals surface area (Å²) < 4.78 is 16.7. The van der Waals surface area contributed by atoms with Crippen LogP contribution in [0.15, 0.2) is 18.2 Å². The normalized spacial score (nSPS) is 20.1. The topological polar surface area (TPSA) is 94.6 Å². The standard InChI is InChI=1S/C21H24N4O4/c26-21-19-15(6-7-22-21)20(23-11-14-3-1-2-8-27-14)25-18(24-19)10-13-4-5-16-17(9-13)29-12-28-16/h4-5,9,14H,1-3,6-8,10-12H2,(H,22,26)(H,23,24,25). The van der Waals surface area contributed by atoms with E-state index in [9.17, 15) is 4.79 Å². The van der Waals surface area contributed by atoms with E-state index in [4.69, 9.17) is 19.2 Å². The average molecular weight is 396 g/mol. The summed E-state index contributed by atoms with van der Waals surface area (Å²) in [6.45, 7) is 2.34. The Balaban J connectivity index is 1.40. The largest absolute Gasteiger partial charge is 0.454 e. The van der Waals surface area contributed by atoms with Crippen molar-refractivity contribution in [2.24, 2.45) is 0 Å². The van der Waals surface area contributed by atoms with Crippen molar-refractivity contribution in [2.75, 3.05) is 31.8 Å². The number of benzene rings is 1. The molecule has 2 N–H and O–H groups in total. The molecule has 1 amide bonds. The van der Waals surface area contributed by atoms with Crippen LogP contribution in [0.3, 0.4) is 0 Å². The van der Waals surface area contributed by atoms with E-state index < -0.39 is 0 Å². The summed E-state index contributed by atoms with van der Waals surface area (Å²) in [6.07, 6.45) is 4.77. The van der Waals surface area contributed by atoms with Crippen LogP contribution >= 0.6 is 0 Å². The minimum atomic E-state index is -0.141. The van der Waals surface area contributed by atoms with Crippen LogP contribution in [0.4, 0.5) is 5.82 Å². The Bertz CT molecular complexity index is 927. The Labute approximate surface area is 169 Å². The van der Waals surface area contributed by atoms with Gasteiger partial charge in [-0.2, -0.15) is 0 Å². The van der Waals surface area contributed by atoms with Gasteiger partial charge >= 0.3 is 0 Å². The quantitative estimate of drug-likeness (QED) is 0.799. The van der Waals surface area contributed by atoms with Gasteiger partial charge in [0.15, 0.2) is 11.5 Å². The van der Waals surface area contributed by atoms with E-state index in [1.807, 2.05) is 18.2 Å². The van der Waals surface area contributed by atoms with E-state index in [2.05, 4.69) is 15.6 Å². The van der Waals surface area contributed by atoms with Crippen LogP contribution < -0.4 is 20.1 Å². The van der Waals surface area contributed by atoms with Gasteiger partial charge in [-0.3, -0.25) is 4.79 Å². The molecule has 152 valence electrons. The van der Waals surface area contributed by atoms with Gasteiger partial charge in [0.05, 0.1) is 6.10 Å². The molecule has 4 heterocycles. The SMILES string of the molecule is O=C1NCCc2c(NCC3CCCCO3)nc(Cc3ccc4c(c3)OCO4)nc21. The second-order valence-electron chi connectivity index (χ2n) is 7.56. The van der Waals surface area contributed by atoms with Crippen LogP contribution in [0.1, 0.15) is 46.7 Å². The molecular weight excluding hydrogens is 372 g/mol. The molecule has 1 atom stereocenters. The molecule has 1 saturated heterocycles. The first-order chi connectivity index (χ1) is 14.3. The van der Waals surface area contributed by atoms with E-state index in [0.29, 0.717) is 31.0 Å². The maximum atomic E-state index is 12.4. The number of fused-ring (bicyclic) bond motifs is 2. The summed E-state index contributed by atoms with van der Waals surface area (Å²) in [7, 11) is 0. The van der Waals surface area contributed by atoms with Crippen LogP contribution in [0.25, 0.3) is 0 Å². The van der Waals surface area contributed by atoms with Crippen molar-refractivity contribution in [1.29, 1.82) is 0 Å². The molecule has 0 aliphatic carbocycles. The Morgan fingerprint density at radius 2 is 2.10 bits per heavy atom. The van der Waals surface area contributed by atoms with Gasteiger partial charge in [0.25, 0.3) is 5.91 Å². The van der Waals surface area contributed by atoms with E-state index in [-0.39, 0.29) is 18.8 Å². The summed E-state index contributed by atoms with van der Waals surface area (Å²) in [5.41, 5.74) is 2.36. The lowest BCUT2D eigenvalue weighted by Crippen LogP contribution is -2.35. The fourth-order valence-electron chi connectivity index (χ4n) is 3.98. The van der Waals surface area contributed by atoms with Gasteiger partial charge in [0.1, 0.15) is 17.3 Å². The van der Waals surface area contributed by atoms with Crippen molar-refractivity contribution in [3.05, 3.63) is 40.8 Å². The maximum absolute atomic E-state index is 12.4. The third kappa shape index (κ3) is 3.85. The van der Waals surface area contributed by atoms with Crippen molar-refractivity contribution in [2.45, 2.75) is 38.2 Å². The summed E-state index contributed by atoms with van der Waals surface area (Å²) in [5.74, 6) is 2.68. The number of ether oxygens (including phenoxy) is 3. The highest BCUT2D eigenvalue weighted by Gasteiger charge is 2.25. The highest BCUT2D eigenvalue weighted by atomic mass is 16.7. The number of aromatic nitrogens is 2. The average Bonchev–Trinajstić information content (AvgIpc) is 3.21. The van der Waals surface area contributed by atoms with Crippen LogP contribution in [-0.4, -0.2) is 48.5 Å². The lowest BCUT2D eigenvalue weighted by atomic mass is 10.0. The number of nitrogens with zero attached hydrogens (tertiary/aromatic N) is 2. The fraction of sp³-hybridized carbons (Fsp3) is 0.476. The summed E-state index contributed by atoms with van der Waals surface area (Å²) in [4.78, 5) is 21.7. The molecule has 3 aliphatic rings. The molecule has 0 saturated carbocycles. The number of rotatable bonds is 5. The number of anilines is 1. The van der Waals surface area contributed by atoms with E-state index in [0.717, 1.165) is 54.3 Å². The molecule has 1 unspecified atom stereocenters. The molecule has 5 rings (SSSR count). The molecular formula is C21H24N4O4. The molecule has 0 radical (unpaired) electrons. The number of hydrogen-bond donors (Lipinski definition) is 2. The second kappa shape index (κ2) is 7.87. The zero-order valence-corrected chi connectivity index (χ0v) is 16.2. The molecule has 29 heavy (non-hydrogen) atoms. The van der Waals surface area contributed by atoms with E-state index in [1.165, 1.54) is 6.42 Å².